The maximum atomic E-state index is 6.75. The summed E-state index contributed by atoms with van der Waals surface area (Å²) in [4.78, 5) is 19.6. The molecule has 0 radical (unpaired) electrons. The molecule has 190 valence electrons. The lowest BCUT2D eigenvalue weighted by Crippen LogP contribution is -2.45. The van der Waals surface area contributed by atoms with Crippen LogP contribution >= 0.6 is 23.4 Å². The van der Waals surface area contributed by atoms with Crippen LogP contribution in [0.25, 0.3) is 0 Å². The van der Waals surface area contributed by atoms with E-state index in [1.54, 1.807) is 6.20 Å². The van der Waals surface area contributed by atoms with Gasteiger partial charge >= 0.3 is 0 Å². The third-order valence-electron chi connectivity index (χ3n) is 8.00. The number of rotatable bonds is 4. The first-order chi connectivity index (χ1) is 17.3. The lowest BCUT2D eigenvalue weighted by atomic mass is 9.73. The van der Waals surface area contributed by atoms with Crippen molar-refractivity contribution in [3.8, 4) is 0 Å². The van der Waals surface area contributed by atoms with E-state index in [2.05, 4.69) is 26.1 Å². The van der Waals surface area contributed by atoms with E-state index in [0.717, 1.165) is 73.4 Å². The van der Waals surface area contributed by atoms with E-state index in [-0.39, 0.29) is 11.5 Å². The Labute approximate surface area is 220 Å². The van der Waals surface area contributed by atoms with E-state index in [1.807, 2.05) is 24.7 Å². The van der Waals surface area contributed by atoms with Gasteiger partial charge in [0.1, 0.15) is 10.8 Å². The lowest BCUT2D eigenvalue weighted by Gasteiger charge is -2.42. The zero-order valence-electron chi connectivity index (χ0n) is 20.7. The highest BCUT2D eigenvalue weighted by Gasteiger charge is 2.47. The van der Waals surface area contributed by atoms with Gasteiger partial charge in [-0.2, -0.15) is 5.10 Å². The second-order valence-corrected chi connectivity index (χ2v) is 11.7. The van der Waals surface area contributed by atoms with Crippen molar-refractivity contribution in [2.45, 2.75) is 55.0 Å². The summed E-state index contributed by atoms with van der Waals surface area (Å²) in [6, 6.07) is 1.95. The number of nitrogens with two attached hydrogens (primary N) is 2. The normalized spacial score (nSPS) is 20.9. The van der Waals surface area contributed by atoms with Gasteiger partial charge in [0.2, 0.25) is 0 Å². The van der Waals surface area contributed by atoms with Crippen molar-refractivity contribution in [2.24, 2.45) is 18.2 Å². The monoisotopic (exact) mass is 525 g/mol. The van der Waals surface area contributed by atoms with Gasteiger partial charge in [-0.05, 0) is 50.5 Å². The predicted octanol–water partition coefficient (Wildman–Crippen LogP) is 3.74. The van der Waals surface area contributed by atoms with Crippen molar-refractivity contribution in [1.82, 2.24) is 24.7 Å². The van der Waals surface area contributed by atoms with E-state index in [0.29, 0.717) is 15.9 Å². The molecule has 3 aliphatic rings. The zero-order chi connectivity index (χ0) is 25.0. The average molecular weight is 526 g/mol. The number of aryl methyl sites for hydroxylation is 2. The number of nitrogens with zero attached hydrogens (tertiary/aromatic N) is 7. The number of anilines is 3. The molecule has 6 rings (SSSR count). The van der Waals surface area contributed by atoms with E-state index in [1.165, 1.54) is 30.2 Å². The molecule has 3 aromatic heterocycles. The maximum Gasteiger partial charge on any atom is 0.158 e. The minimum Gasteiger partial charge on any atom is -0.381 e. The van der Waals surface area contributed by atoms with E-state index in [4.69, 9.17) is 33.0 Å². The average Bonchev–Trinajstić information content (AvgIpc) is 3.57. The second-order valence-electron chi connectivity index (χ2n) is 10.3. The minimum absolute atomic E-state index is 0.0370. The van der Waals surface area contributed by atoms with Gasteiger partial charge in [-0.25, -0.2) is 15.0 Å². The van der Waals surface area contributed by atoms with Gasteiger partial charge < -0.3 is 21.3 Å². The van der Waals surface area contributed by atoms with Crippen molar-refractivity contribution >= 4 is 40.8 Å². The summed E-state index contributed by atoms with van der Waals surface area (Å²) >= 11 is 8.20. The van der Waals surface area contributed by atoms with E-state index < -0.39 is 0 Å². The summed E-state index contributed by atoms with van der Waals surface area (Å²) in [6.07, 6.45) is 9.17. The standard InChI is InChI=1S/C25H32ClN9S/c1-15-22(35-11-6-25(7-12-35)13-17-16(20(25)27)14-33(2)32-17)31-21(28)24(30-15)36-18-5-8-29-23(19(18)26)34-9-3-4-10-34/h5,8,14,20H,3-4,6-7,9-13,27H2,1-2H3,(H2,28,31)/t20-/m1/s1. The fourth-order valence-corrected chi connectivity index (χ4v) is 7.20. The van der Waals surface area contributed by atoms with Crippen molar-refractivity contribution < 1.29 is 0 Å². The highest BCUT2D eigenvalue weighted by molar-refractivity contribution is 7.99. The van der Waals surface area contributed by atoms with Crippen molar-refractivity contribution in [3.63, 3.8) is 0 Å². The summed E-state index contributed by atoms with van der Waals surface area (Å²) in [5.74, 6) is 2.11. The van der Waals surface area contributed by atoms with Crippen LogP contribution < -0.4 is 21.3 Å². The van der Waals surface area contributed by atoms with Gasteiger partial charge in [0, 0.05) is 62.1 Å². The summed E-state index contributed by atoms with van der Waals surface area (Å²) in [7, 11) is 1.96. The van der Waals surface area contributed by atoms with Gasteiger partial charge in [0.15, 0.2) is 11.6 Å². The number of hydrogen-bond acceptors (Lipinski definition) is 9. The Morgan fingerprint density at radius 1 is 1.08 bits per heavy atom. The van der Waals surface area contributed by atoms with Crippen LogP contribution in [0.3, 0.4) is 0 Å². The van der Waals surface area contributed by atoms with Crippen LogP contribution in [-0.2, 0) is 13.5 Å². The molecule has 0 saturated carbocycles. The number of pyridine rings is 1. The number of aromatic nitrogens is 5. The second kappa shape index (κ2) is 9.08. The van der Waals surface area contributed by atoms with Gasteiger partial charge in [-0.3, -0.25) is 4.68 Å². The summed E-state index contributed by atoms with van der Waals surface area (Å²) < 4.78 is 1.88. The van der Waals surface area contributed by atoms with Gasteiger partial charge in [-0.1, -0.05) is 23.4 Å². The first kappa shape index (κ1) is 23.8. The van der Waals surface area contributed by atoms with Gasteiger partial charge in [0.05, 0.1) is 16.4 Å². The Bertz CT molecular complexity index is 1290. The van der Waals surface area contributed by atoms with Crippen molar-refractivity contribution in [2.75, 3.05) is 41.7 Å². The molecular weight excluding hydrogens is 494 g/mol. The third-order valence-corrected chi connectivity index (χ3v) is 9.54. The number of halogens is 1. The number of hydrogen-bond donors (Lipinski definition) is 2. The Morgan fingerprint density at radius 3 is 2.53 bits per heavy atom. The molecule has 0 amide bonds. The Kier molecular flexibility index (Phi) is 6.00. The number of nitrogen functional groups attached to an aromatic ring is 1. The molecule has 9 nitrogen and oxygen atoms in total. The molecule has 2 fully saturated rings. The molecule has 0 unspecified atom stereocenters. The molecule has 2 saturated heterocycles. The topological polar surface area (TPSA) is 115 Å². The first-order valence-electron chi connectivity index (χ1n) is 12.6. The fraction of sp³-hybridized carbons (Fsp3) is 0.520. The van der Waals surface area contributed by atoms with Crippen molar-refractivity contribution in [3.05, 3.63) is 40.4 Å². The molecule has 0 bridgehead atoms. The molecular formula is C25H32ClN9S. The number of piperidine rings is 1. The van der Waals surface area contributed by atoms with Crippen LogP contribution in [0.5, 0.6) is 0 Å². The van der Waals surface area contributed by atoms with Crippen LogP contribution in [0, 0.1) is 12.3 Å². The van der Waals surface area contributed by atoms with E-state index >= 15 is 0 Å². The highest BCUT2D eigenvalue weighted by Crippen LogP contribution is 2.51. The smallest absolute Gasteiger partial charge is 0.158 e. The molecule has 1 aliphatic carbocycles. The molecule has 4 N–H and O–H groups in total. The molecule has 1 atom stereocenters. The Morgan fingerprint density at radius 2 is 1.81 bits per heavy atom. The largest absolute Gasteiger partial charge is 0.381 e. The minimum atomic E-state index is 0.0370. The molecule has 3 aromatic rings. The lowest BCUT2D eigenvalue weighted by molar-refractivity contribution is 0.185. The van der Waals surface area contributed by atoms with Crippen LogP contribution in [0.15, 0.2) is 28.4 Å². The maximum absolute atomic E-state index is 6.75. The Balaban J connectivity index is 1.18. The number of fused-ring (bicyclic) bond motifs is 1. The van der Waals surface area contributed by atoms with Crippen LogP contribution in [0.1, 0.15) is 48.7 Å². The SMILES string of the molecule is Cc1nc(Sc2ccnc(N3CCCC3)c2Cl)c(N)nc1N1CCC2(CC1)Cc1nn(C)cc1[C@H]2N. The zero-order valence-corrected chi connectivity index (χ0v) is 22.3. The summed E-state index contributed by atoms with van der Waals surface area (Å²) in [5.41, 5.74) is 16.5. The summed E-state index contributed by atoms with van der Waals surface area (Å²) in [5, 5.41) is 5.96. The van der Waals surface area contributed by atoms with Gasteiger partial charge in [-0.15, -0.1) is 0 Å². The fourth-order valence-electron chi connectivity index (χ4n) is 6.00. The van der Waals surface area contributed by atoms with Gasteiger partial charge in [0.25, 0.3) is 0 Å². The molecule has 5 heterocycles. The molecule has 36 heavy (non-hydrogen) atoms. The van der Waals surface area contributed by atoms with Crippen LogP contribution in [0.4, 0.5) is 17.5 Å². The third kappa shape index (κ3) is 3.99. The Hall–Kier alpha value is -2.56. The molecule has 11 heteroatoms. The molecule has 2 aliphatic heterocycles. The molecule has 0 aromatic carbocycles. The molecule has 1 spiro atoms. The first-order valence-corrected chi connectivity index (χ1v) is 13.8. The summed E-state index contributed by atoms with van der Waals surface area (Å²) in [6.45, 7) is 5.73. The van der Waals surface area contributed by atoms with Crippen LogP contribution in [0.2, 0.25) is 5.02 Å². The van der Waals surface area contributed by atoms with Crippen molar-refractivity contribution in [1.29, 1.82) is 0 Å². The quantitative estimate of drug-likeness (QED) is 0.525. The van der Waals surface area contributed by atoms with E-state index in [9.17, 15) is 0 Å². The van der Waals surface area contributed by atoms with Crippen LogP contribution in [-0.4, -0.2) is 50.9 Å². The predicted molar refractivity (Wildman–Crippen MR) is 144 cm³/mol. The highest BCUT2D eigenvalue weighted by atomic mass is 35.5.